The first-order chi connectivity index (χ1) is 19.3. The molecule has 3 aromatic rings. The van der Waals surface area contributed by atoms with Crippen LogP contribution < -0.4 is 25.0 Å². The van der Waals surface area contributed by atoms with Crippen molar-refractivity contribution < 1.29 is 43.6 Å². The number of rotatable bonds is 15. The number of benzene rings is 3. The number of terminal acetylenes is 1. The monoisotopic (exact) mass is 548 g/mol. The molecule has 0 aliphatic heterocycles. The van der Waals surface area contributed by atoms with Crippen LogP contribution in [0.2, 0.25) is 0 Å². The molecule has 0 saturated carbocycles. The molecule has 0 radical (unpaired) electrons. The van der Waals surface area contributed by atoms with Crippen molar-refractivity contribution in [1.29, 1.82) is 0 Å². The fourth-order valence-electron chi connectivity index (χ4n) is 3.51. The highest BCUT2D eigenvalue weighted by Gasteiger charge is 2.20. The number of hydrogen-bond donors (Lipinski definition) is 4. The van der Waals surface area contributed by atoms with Gasteiger partial charge < -0.3 is 29.7 Å². The van der Waals surface area contributed by atoms with E-state index in [4.69, 9.17) is 25.5 Å². The van der Waals surface area contributed by atoms with E-state index >= 15 is 0 Å². The summed E-state index contributed by atoms with van der Waals surface area (Å²) in [5.74, 6) is -2.00. The van der Waals surface area contributed by atoms with Crippen LogP contribution in [0.1, 0.15) is 50.0 Å². The van der Waals surface area contributed by atoms with Gasteiger partial charge in [-0.15, -0.1) is 0 Å². The van der Waals surface area contributed by atoms with E-state index in [9.17, 15) is 24.6 Å². The molecule has 0 spiro atoms. The lowest BCUT2D eigenvalue weighted by Gasteiger charge is -2.19. The van der Waals surface area contributed by atoms with Gasteiger partial charge in [0.15, 0.2) is 0 Å². The molecule has 0 saturated heterocycles. The molecule has 0 aliphatic rings. The van der Waals surface area contributed by atoms with E-state index in [2.05, 4.69) is 10.8 Å². The maximum absolute atomic E-state index is 12.8. The van der Waals surface area contributed by atoms with Gasteiger partial charge in [-0.2, -0.15) is 5.48 Å². The first-order valence-corrected chi connectivity index (χ1v) is 12.2. The van der Waals surface area contributed by atoms with Crippen molar-refractivity contribution in [3.63, 3.8) is 0 Å². The maximum atomic E-state index is 12.8. The van der Waals surface area contributed by atoms with Crippen molar-refractivity contribution in [3.8, 4) is 29.8 Å². The zero-order valence-corrected chi connectivity index (χ0v) is 21.6. The minimum atomic E-state index is -1.33. The third-order valence-electron chi connectivity index (χ3n) is 5.49. The molecule has 11 heteroatoms. The molecule has 3 rings (SSSR count). The van der Waals surface area contributed by atoms with Crippen molar-refractivity contribution in [1.82, 2.24) is 10.8 Å². The molecule has 1 atom stereocenters. The normalized spacial score (nSPS) is 11.1. The number of hydrogen-bond acceptors (Lipinski definition) is 8. The maximum Gasteiger partial charge on any atom is 0.336 e. The minimum Gasteiger partial charge on any atom is -0.490 e. The zero-order chi connectivity index (χ0) is 28.9. The van der Waals surface area contributed by atoms with Gasteiger partial charge in [0.25, 0.3) is 5.91 Å². The Hall–Kier alpha value is -5.05. The first-order valence-electron chi connectivity index (χ1n) is 12.2. The van der Waals surface area contributed by atoms with E-state index in [-0.39, 0.29) is 42.3 Å². The van der Waals surface area contributed by atoms with Crippen molar-refractivity contribution in [2.75, 3.05) is 13.2 Å². The first kappa shape index (κ1) is 29.5. The molecule has 11 nitrogen and oxygen atoms in total. The van der Waals surface area contributed by atoms with Crippen molar-refractivity contribution in [2.45, 2.75) is 26.1 Å². The highest BCUT2D eigenvalue weighted by Crippen LogP contribution is 2.20. The van der Waals surface area contributed by atoms with Gasteiger partial charge in [-0.05, 0) is 54.4 Å². The Kier molecular flexibility index (Phi) is 10.9. The average molecular weight is 549 g/mol. The van der Waals surface area contributed by atoms with Crippen LogP contribution in [0.5, 0.6) is 17.2 Å². The summed E-state index contributed by atoms with van der Waals surface area (Å²) in [6.07, 6.45) is 6.67. The van der Waals surface area contributed by atoms with Crippen LogP contribution in [0.15, 0.2) is 66.7 Å². The molecule has 0 heterocycles. The highest BCUT2D eigenvalue weighted by atomic mass is 16.6. The molecule has 1 unspecified atom stereocenters. The number of aromatic carboxylic acids is 2. The number of ether oxygens (including phenoxy) is 3. The predicted octanol–water partition coefficient (Wildman–Crippen LogP) is 3.70. The number of amides is 1. The molecule has 0 fully saturated rings. The lowest BCUT2D eigenvalue weighted by Crippen LogP contribution is -2.45. The summed E-state index contributed by atoms with van der Waals surface area (Å²) in [5.41, 5.74) is 2.63. The number of carbonyl (C=O) groups is 3. The summed E-state index contributed by atoms with van der Waals surface area (Å²) in [5, 5.41) is 21.8. The Morgan fingerprint density at radius 2 is 1.50 bits per heavy atom. The van der Waals surface area contributed by atoms with E-state index < -0.39 is 24.0 Å². The number of carboxylic acids is 2. The van der Waals surface area contributed by atoms with Gasteiger partial charge in [0.2, 0.25) is 0 Å². The van der Waals surface area contributed by atoms with Gasteiger partial charge in [-0.3, -0.25) is 9.63 Å². The fourth-order valence-corrected chi connectivity index (χ4v) is 3.51. The molecule has 1 amide bonds. The summed E-state index contributed by atoms with van der Waals surface area (Å²) >= 11 is 0. The standard InChI is InChI=1S/C29H28N2O9/c1-3-26(30-27(32)23-13-12-21(37-4-2)17-25(23)29(35)36)31-40-18-19-10-11-22(16-24(19)28(33)34)39-15-14-38-20-8-6-5-7-9-20/h2,5-13,16-17,26,31H,3,14-15,18H2,1H3,(H,30,32)(H,33,34)(H,35,36). The van der Waals surface area contributed by atoms with Gasteiger partial charge in [-0.1, -0.05) is 37.6 Å². The summed E-state index contributed by atoms with van der Waals surface area (Å²) < 4.78 is 16.0. The van der Waals surface area contributed by atoms with Crippen LogP contribution in [-0.4, -0.2) is 47.4 Å². The second-order valence-corrected chi connectivity index (χ2v) is 8.21. The van der Waals surface area contributed by atoms with E-state index in [0.29, 0.717) is 23.5 Å². The molecule has 4 N–H and O–H groups in total. The van der Waals surface area contributed by atoms with E-state index in [1.165, 1.54) is 18.2 Å². The summed E-state index contributed by atoms with van der Waals surface area (Å²) in [6.45, 7) is 2.12. The minimum absolute atomic E-state index is 0.0132. The van der Waals surface area contributed by atoms with Crippen LogP contribution >= 0.6 is 0 Å². The van der Waals surface area contributed by atoms with Crippen molar-refractivity contribution in [2.24, 2.45) is 0 Å². The van der Waals surface area contributed by atoms with E-state index in [1.54, 1.807) is 19.1 Å². The Morgan fingerprint density at radius 3 is 2.15 bits per heavy atom. The highest BCUT2D eigenvalue weighted by molar-refractivity contribution is 6.05. The largest absolute Gasteiger partial charge is 0.490 e. The summed E-state index contributed by atoms with van der Waals surface area (Å²) in [7, 11) is 0. The van der Waals surface area contributed by atoms with Crippen LogP contribution in [0.4, 0.5) is 0 Å². The van der Waals surface area contributed by atoms with Crippen LogP contribution in [0, 0.1) is 12.5 Å². The number of carbonyl (C=O) groups excluding carboxylic acids is 1. The zero-order valence-electron chi connectivity index (χ0n) is 21.6. The van der Waals surface area contributed by atoms with Gasteiger partial charge >= 0.3 is 11.9 Å². The van der Waals surface area contributed by atoms with Gasteiger partial charge in [0.05, 0.1) is 23.3 Å². The summed E-state index contributed by atoms with van der Waals surface area (Å²) in [6, 6.07) is 17.6. The van der Waals surface area contributed by atoms with Crippen LogP contribution in [0.3, 0.4) is 0 Å². The molecule has 40 heavy (non-hydrogen) atoms. The molecule has 0 aromatic heterocycles. The van der Waals surface area contributed by atoms with Crippen molar-refractivity contribution in [3.05, 3.63) is 89.0 Å². The molecular weight excluding hydrogens is 520 g/mol. The van der Waals surface area contributed by atoms with Gasteiger partial charge in [-0.25, -0.2) is 9.59 Å². The number of nitrogens with one attached hydrogen (secondary N) is 2. The van der Waals surface area contributed by atoms with E-state index in [1.807, 2.05) is 36.4 Å². The quantitative estimate of drug-likeness (QED) is 0.0957. The summed E-state index contributed by atoms with van der Waals surface area (Å²) in [4.78, 5) is 41.7. The van der Waals surface area contributed by atoms with Gasteiger partial charge in [0, 0.05) is 0 Å². The molecular formula is C29H28N2O9. The fraction of sp³-hybridized carbons (Fsp3) is 0.207. The second-order valence-electron chi connectivity index (χ2n) is 8.21. The Balaban J connectivity index is 1.55. The topological polar surface area (TPSA) is 153 Å². The Bertz CT molecular complexity index is 1370. The molecule has 208 valence electrons. The Labute approximate surface area is 230 Å². The SMILES string of the molecule is C#COc1ccc(C(=O)NC(CC)NOCc2ccc(OCCOc3ccccc3)cc2C(=O)O)c(C(=O)O)c1. The van der Waals surface area contributed by atoms with Gasteiger partial charge in [0.1, 0.15) is 42.7 Å². The predicted molar refractivity (Wildman–Crippen MR) is 143 cm³/mol. The number of hydroxylamine groups is 1. The third kappa shape index (κ3) is 8.49. The Morgan fingerprint density at radius 1 is 0.850 bits per heavy atom. The average Bonchev–Trinajstić information content (AvgIpc) is 2.95. The number of carboxylic acid groups (broad SMARTS) is 2. The second kappa shape index (κ2) is 14.8. The lowest BCUT2D eigenvalue weighted by molar-refractivity contribution is -0.00491. The smallest absolute Gasteiger partial charge is 0.336 e. The molecule has 0 bridgehead atoms. The van der Waals surface area contributed by atoms with Crippen LogP contribution in [-0.2, 0) is 11.4 Å². The number of para-hydroxylation sites is 1. The van der Waals surface area contributed by atoms with Crippen molar-refractivity contribution >= 4 is 17.8 Å². The third-order valence-corrected chi connectivity index (χ3v) is 5.49. The molecule has 3 aromatic carbocycles. The molecule has 0 aliphatic carbocycles. The lowest BCUT2D eigenvalue weighted by atomic mass is 10.1. The van der Waals surface area contributed by atoms with Crippen LogP contribution in [0.25, 0.3) is 0 Å². The van der Waals surface area contributed by atoms with E-state index in [0.717, 1.165) is 6.07 Å².